The third-order valence-corrected chi connectivity index (χ3v) is 4.45. The molecule has 4 rings (SSSR count). The lowest BCUT2D eigenvalue weighted by atomic mass is 10.1. The van der Waals surface area contributed by atoms with Crippen LogP contribution in [0.1, 0.15) is 11.4 Å². The van der Waals surface area contributed by atoms with E-state index in [2.05, 4.69) is 25.5 Å². The molecule has 1 N–H and O–H groups in total. The lowest BCUT2D eigenvalue weighted by molar-refractivity contribution is -0.0490. The number of hydrogen-bond acceptors (Lipinski definition) is 6. The molecule has 0 aliphatic heterocycles. The van der Waals surface area contributed by atoms with E-state index in [9.17, 15) is 13.2 Å². The van der Waals surface area contributed by atoms with Crippen molar-refractivity contribution in [2.75, 3.05) is 5.32 Å². The van der Waals surface area contributed by atoms with Gasteiger partial charge in [0.2, 0.25) is 0 Å². The molecule has 0 saturated heterocycles. The summed E-state index contributed by atoms with van der Waals surface area (Å²) in [7, 11) is 1.57. The first kappa shape index (κ1) is 20.4. The molecule has 11 heteroatoms. The van der Waals surface area contributed by atoms with E-state index in [4.69, 9.17) is 4.74 Å². The number of nitrogens with one attached hydrogen (secondary N) is 1. The molecule has 0 radical (unpaired) electrons. The first-order chi connectivity index (χ1) is 14.8. The largest absolute Gasteiger partial charge is 0.428 e. The number of ether oxygens (including phenoxy) is 1. The molecule has 0 fully saturated rings. The molecule has 0 bridgehead atoms. The number of rotatable bonds is 6. The zero-order chi connectivity index (χ0) is 22.1. The van der Waals surface area contributed by atoms with Crippen LogP contribution in [-0.4, -0.2) is 36.1 Å². The number of hydrogen-bond donors (Lipinski definition) is 1. The van der Waals surface area contributed by atoms with Crippen molar-refractivity contribution in [2.45, 2.75) is 20.5 Å². The topological polar surface area (TPSA) is 82.7 Å². The molecular formula is C20H18F3N7O. The van der Waals surface area contributed by atoms with Gasteiger partial charge in [0.15, 0.2) is 17.4 Å². The molecule has 0 aliphatic rings. The van der Waals surface area contributed by atoms with Gasteiger partial charge in [-0.3, -0.25) is 4.68 Å². The van der Waals surface area contributed by atoms with E-state index in [1.54, 1.807) is 17.8 Å². The summed E-state index contributed by atoms with van der Waals surface area (Å²) in [5.74, 6) is 0.198. The molecule has 160 valence electrons. The lowest BCUT2D eigenvalue weighted by Crippen LogP contribution is -2.06. The average Bonchev–Trinajstić information content (AvgIpc) is 3.20. The van der Waals surface area contributed by atoms with Crippen molar-refractivity contribution >= 4 is 11.6 Å². The first-order valence-electron chi connectivity index (χ1n) is 9.22. The van der Waals surface area contributed by atoms with Gasteiger partial charge in [0.1, 0.15) is 23.7 Å². The Bertz CT molecular complexity index is 1220. The highest BCUT2D eigenvalue weighted by Crippen LogP contribution is 2.38. The Morgan fingerprint density at radius 1 is 1.03 bits per heavy atom. The van der Waals surface area contributed by atoms with E-state index in [0.717, 1.165) is 11.4 Å². The van der Waals surface area contributed by atoms with Crippen molar-refractivity contribution in [3.8, 4) is 22.8 Å². The van der Waals surface area contributed by atoms with Gasteiger partial charge in [-0.1, -0.05) is 0 Å². The van der Waals surface area contributed by atoms with E-state index < -0.39 is 12.4 Å². The predicted octanol–water partition coefficient (Wildman–Crippen LogP) is 4.16. The minimum absolute atomic E-state index is 0.0279. The Labute approximate surface area is 175 Å². The van der Waals surface area contributed by atoms with Crippen LogP contribution < -0.4 is 10.1 Å². The second kappa shape index (κ2) is 8.09. The molecule has 8 nitrogen and oxygen atoms in total. The molecule has 0 spiro atoms. The SMILES string of the molecule is Cc1cc(C)n(-c2cc(Nc3nn(C)c(-c4ccc(F)cc4)c3OC(F)F)ncn2)n1. The van der Waals surface area contributed by atoms with E-state index in [-0.39, 0.29) is 17.3 Å². The molecule has 1 aromatic carbocycles. The summed E-state index contributed by atoms with van der Waals surface area (Å²) < 4.78 is 47.4. The summed E-state index contributed by atoms with van der Waals surface area (Å²) in [5, 5.41) is 11.5. The molecule has 31 heavy (non-hydrogen) atoms. The van der Waals surface area contributed by atoms with Crippen molar-refractivity contribution in [3.05, 3.63) is 59.9 Å². The van der Waals surface area contributed by atoms with Crippen LogP contribution in [0.25, 0.3) is 17.1 Å². The molecule has 0 unspecified atom stereocenters. The molecule has 4 aromatic rings. The summed E-state index contributed by atoms with van der Waals surface area (Å²) in [4.78, 5) is 8.35. The summed E-state index contributed by atoms with van der Waals surface area (Å²) in [6.07, 6.45) is 1.32. The summed E-state index contributed by atoms with van der Waals surface area (Å²) in [6.45, 7) is 0.666. The molecule has 0 aliphatic carbocycles. The summed E-state index contributed by atoms with van der Waals surface area (Å²) in [5.41, 5.74) is 2.42. The minimum atomic E-state index is -3.08. The number of nitrogens with zero attached hydrogens (tertiary/aromatic N) is 6. The number of halogens is 3. The smallest absolute Gasteiger partial charge is 0.387 e. The van der Waals surface area contributed by atoms with Gasteiger partial charge < -0.3 is 10.1 Å². The Kier molecular flexibility index (Phi) is 5.32. The Morgan fingerprint density at radius 3 is 2.42 bits per heavy atom. The zero-order valence-corrected chi connectivity index (χ0v) is 16.8. The number of benzene rings is 1. The maximum Gasteiger partial charge on any atom is 0.387 e. The second-order valence-corrected chi connectivity index (χ2v) is 6.76. The maximum absolute atomic E-state index is 13.3. The highest BCUT2D eigenvalue weighted by Gasteiger charge is 2.23. The fraction of sp³-hybridized carbons (Fsp3) is 0.200. The van der Waals surface area contributed by atoms with Crippen molar-refractivity contribution in [3.63, 3.8) is 0 Å². The van der Waals surface area contributed by atoms with Crippen molar-refractivity contribution in [2.24, 2.45) is 7.05 Å². The van der Waals surface area contributed by atoms with Crippen LogP contribution >= 0.6 is 0 Å². The van der Waals surface area contributed by atoms with Crippen molar-refractivity contribution < 1.29 is 17.9 Å². The van der Waals surface area contributed by atoms with Crippen LogP contribution in [0.3, 0.4) is 0 Å². The first-order valence-corrected chi connectivity index (χ1v) is 9.22. The number of alkyl halides is 2. The standard InChI is InChI=1S/C20H18F3N7O/c1-11-8-12(2)30(27-11)16-9-15(24-10-25-16)26-19-18(31-20(22)23)17(29(3)28-19)13-4-6-14(21)7-5-13/h4-10,20H,1-3H3,(H,24,25,26,28). The third-order valence-electron chi connectivity index (χ3n) is 4.45. The van der Waals surface area contributed by atoms with Gasteiger partial charge in [0.25, 0.3) is 0 Å². The summed E-state index contributed by atoms with van der Waals surface area (Å²) in [6, 6.07) is 8.88. The monoisotopic (exact) mass is 429 g/mol. The van der Waals surface area contributed by atoms with Gasteiger partial charge in [-0.2, -0.15) is 19.0 Å². The molecule has 0 amide bonds. The number of anilines is 2. The number of aryl methyl sites for hydroxylation is 3. The second-order valence-electron chi connectivity index (χ2n) is 6.76. The van der Waals surface area contributed by atoms with Crippen LogP contribution in [0.15, 0.2) is 42.7 Å². The van der Waals surface area contributed by atoms with Crippen LogP contribution in [0.4, 0.5) is 24.8 Å². The highest BCUT2D eigenvalue weighted by atomic mass is 19.3. The van der Waals surface area contributed by atoms with Crippen molar-refractivity contribution in [1.29, 1.82) is 0 Å². The van der Waals surface area contributed by atoms with Gasteiger partial charge in [-0.05, 0) is 44.2 Å². The van der Waals surface area contributed by atoms with E-state index in [1.807, 2.05) is 19.9 Å². The van der Waals surface area contributed by atoms with Gasteiger partial charge in [-0.15, -0.1) is 0 Å². The van der Waals surface area contributed by atoms with E-state index in [1.165, 1.54) is 35.3 Å². The lowest BCUT2D eigenvalue weighted by Gasteiger charge is -2.10. The van der Waals surface area contributed by atoms with Gasteiger partial charge >= 0.3 is 6.61 Å². The van der Waals surface area contributed by atoms with Gasteiger partial charge in [-0.25, -0.2) is 19.0 Å². The maximum atomic E-state index is 13.3. The predicted molar refractivity (Wildman–Crippen MR) is 107 cm³/mol. The normalized spacial score (nSPS) is 11.2. The Morgan fingerprint density at radius 2 is 1.77 bits per heavy atom. The van der Waals surface area contributed by atoms with E-state index in [0.29, 0.717) is 17.2 Å². The fourth-order valence-electron chi connectivity index (χ4n) is 3.23. The third kappa shape index (κ3) is 4.20. The molecular weight excluding hydrogens is 411 g/mol. The van der Waals surface area contributed by atoms with Crippen LogP contribution in [0, 0.1) is 19.7 Å². The van der Waals surface area contributed by atoms with Gasteiger partial charge in [0, 0.05) is 24.4 Å². The highest BCUT2D eigenvalue weighted by molar-refractivity contribution is 5.76. The van der Waals surface area contributed by atoms with Crippen LogP contribution in [0.5, 0.6) is 5.75 Å². The van der Waals surface area contributed by atoms with E-state index >= 15 is 0 Å². The molecule has 3 aromatic heterocycles. The summed E-state index contributed by atoms with van der Waals surface area (Å²) >= 11 is 0. The van der Waals surface area contributed by atoms with Crippen LogP contribution in [0.2, 0.25) is 0 Å². The minimum Gasteiger partial charge on any atom is -0.428 e. The Hall–Kier alpha value is -3.89. The zero-order valence-electron chi connectivity index (χ0n) is 16.8. The molecule has 0 saturated carbocycles. The molecule has 3 heterocycles. The van der Waals surface area contributed by atoms with Crippen LogP contribution in [-0.2, 0) is 7.05 Å². The Balaban J connectivity index is 1.73. The van der Waals surface area contributed by atoms with Crippen molar-refractivity contribution in [1.82, 2.24) is 29.5 Å². The molecule has 0 atom stereocenters. The average molecular weight is 429 g/mol. The van der Waals surface area contributed by atoms with Gasteiger partial charge in [0.05, 0.1) is 5.69 Å². The number of aromatic nitrogens is 6. The quantitative estimate of drug-likeness (QED) is 0.496. The fourth-order valence-corrected chi connectivity index (χ4v) is 3.23.